The van der Waals surface area contributed by atoms with Gasteiger partial charge in [0.25, 0.3) is 0 Å². The van der Waals surface area contributed by atoms with Crippen molar-refractivity contribution in [3.63, 3.8) is 0 Å². The maximum absolute atomic E-state index is 14.5. The summed E-state index contributed by atoms with van der Waals surface area (Å²) in [7, 11) is -6.87. The second-order valence-corrected chi connectivity index (χ2v) is 13.4. The van der Waals surface area contributed by atoms with Gasteiger partial charge in [0.15, 0.2) is 0 Å². The van der Waals surface area contributed by atoms with E-state index < -0.39 is 70.4 Å². The SMILES string of the molecule is CC(C)(C)NP12(OC(C(F)(F)F)(C(F)(F)F)c3ccccc31)OC(C(F)(F)F)(C(F)(F)F)c1ccccc12. The fourth-order valence-electron chi connectivity index (χ4n) is 5.13. The van der Waals surface area contributed by atoms with E-state index in [-0.39, 0.29) is 0 Å². The fraction of sp³-hybridized carbons (Fsp3) is 0.455. The van der Waals surface area contributed by atoms with Crippen molar-refractivity contribution in [2.45, 2.75) is 62.2 Å². The molecule has 0 radical (unpaired) electrons. The predicted molar refractivity (Wildman–Crippen MR) is 112 cm³/mol. The first kappa shape index (κ1) is 28.9. The molecule has 0 bridgehead atoms. The predicted octanol–water partition coefficient (Wildman–Crippen LogP) is 7.02. The van der Waals surface area contributed by atoms with Gasteiger partial charge in [0.2, 0.25) is 0 Å². The third-order valence-corrected chi connectivity index (χ3v) is 11.1. The Morgan fingerprint density at radius 2 is 0.842 bits per heavy atom. The van der Waals surface area contributed by atoms with Crippen LogP contribution < -0.4 is 15.7 Å². The van der Waals surface area contributed by atoms with Crippen molar-refractivity contribution in [1.29, 1.82) is 0 Å². The van der Waals surface area contributed by atoms with Crippen molar-refractivity contribution in [3.8, 4) is 0 Å². The molecule has 2 aliphatic heterocycles. The van der Waals surface area contributed by atoms with Crippen LogP contribution in [0.15, 0.2) is 48.5 Å². The van der Waals surface area contributed by atoms with Crippen molar-refractivity contribution < 1.29 is 61.7 Å². The Bertz CT molecular complexity index is 1160. The molecule has 2 aromatic carbocycles. The minimum absolute atomic E-state index is 0.301. The number of nitrogens with one attached hydrogen (secondary N) is 1. The minimum atomic E-state index is -6.87. The molecule has 0 atom stereocenters. The quantitative estimate of drug-likeness (QED) is 0.288. The summed E-state index contributed by atoms with van der Waals surface area (Å²) in [4.78, 5) is 0. The standard InChI is InChI=1S/C22H18F12NO2P/c1-16(2,3)35-38(14-10-6-4-8-12(14)17(36-38,19(23,24)25)20(26,27)28)15-11-7-5-9-13(15)18(37-38,21(29,30)31)22(32,33)34/h4-11,35H,1-3H3. The van der Waals surface area contributed by atoms with Gasteiger partial charge in [-0.05, 0) is 0 Å². The first-order valence-corrected chi connectivity index (χ1v) is 12.7. The van der Waals surface area contributed by atoms with E-state index in [1.54, 1.807) is 0 Å². The van der Waals surface area contributed by atoms with E-state index in [0.29, 0.717) is 24.3 Å². The van der Waals surface area contributed by atoms with E-state index in [9.17, 15) is 52.7 Å². The summed E-state index contributed by atoms with van der Waals surface area (Å²) in [5, 5.41) is -0.286. The summed E-state index contributed by atoms with van der Waals surface area (Å²) in [5.41, 5.74) is -15.9. The molecule has 2 heterocycles. The zero-order valence-electron chi connectivity index (χ0n) is 19.4. The summed E-state index contributed by atoms with van der Waals surface area (Å²) in [6, 6.07) is 4.92. The van der Waals surface area contributed by atoms with Crippen LogP contribution in [0.25, 0.3) is 0 Å². The molecule has 0 saturated carbocycles. The molecule has 0 amide bonds. The van der Waals surface area contributed by atoms with E-state index in [4.69, 9.17) is 9.05 Å². The van der Waals surface area contributed by atoms with Crippen LogP contribution in [0.1, 0.15) is 31.9 Å². The van der Waals surface area contributed by atoms with Crippen LogP contribution in [-0.2, 0) is 20.2 Å². The van der Waals surface area contributed by atoms with E-state index in [2.05, 4.69) is 5.09 Å². The first-order chi connectivity index (χ1) is 16.9. The Labute approximate surface area is 207 Å². The van der Waals surface area contributed by atoms with Crippen LogP contribution in [-0.4, -0.2) is 30.2 Å². The number of halogens is 12. The summed E-state index contributed by atoms with van der Waals surface area (Å²) in [6.45, 7) is 3.36. The number of benzene rings is 2. The topological polar surface area (TPSA) is 30.5 Å². The van der Waals surface area contributed by atoms with Gasteiger partial charge < -0.3 is 0 Å². The zero-order valence-corrected chi connectivity index (χ0v) is 20.3. The molecule has 0 aliphatic carbocycles. The van der Waals surface area contributed by atoms with Gasteiger partial charge in [0, 0.05) is 0 Å². The Kier molecular flexibility index (Phi) is 5.74. The molecule has 1 N–H and O–H groups in total. The van der Waals surface area contributed by atoms with Crippen molar-refractivity contribution >= 4 is 17.8 Å². The fourth-order valence-corrected chi connectivity index (χ4v) is 11.1. The maximum atomic E-state index is 14.5. The van der Waals surface area contributed by atoms with E-state index in [0.717, 1.165) is 45.0 Å². The molecule has 0 unspecified atom stereocenters. The van der Waals surface area contributed by atoms with Gasteiger partial charge in [-0.25, -0.2) is 0 Å². The van der Waals surface area contributed by atoms with Crippen LogP contribution >= 0.6 is 7.21 Å². The summed E-state index contributed by atoms with van der Waals surface area (Å²) in [6.07, 6.45) is -25.6. The van der Waals surface area contributed by atoms with Gasteiger partial charge in [-0.2, -0.15) is 0 Å². The van der Waals surface area contributed by atoms with Crippen LogP contribution in [0, 0.1) is 0 Å². The zero-order chi connectivity index (χ0) is 29.0. The molecule has 0 saturated heterocycles. The Morgan fingerprint density at radius 1 is 0.553 bits per heavy atom. The van der Waals surface area contributed by atoms with Gasteiger partial charge in [-0.3, -0.25) is 0 Å². The third-order valence-electron chi connectivity index (χ3n) is 6.20. The molecule has 1 spiro atoms. The van der Waals surface area contributed by atoms with Crippen molar-refractivity contribution in [2.24, 2.45) is 0 Å². The van der Waals surface area contributed by atoms with Gasteiger partial charge in [0.1, 0.15) is 0 Å². The molecule has 2 aromatic rings. The van der Waals surface area contributed by atoms with Gasteiger partial charge in [-0.15, -0.1) is 0 Å². The Balaban J connectivity index is 2.33. The molecule has 212 valence electrons. The Morgan fingerprint density at radius 3 is 1.11 bits per heavy atom. The van der Waals surface area contributed by atoms with Crippen LogP contribution in [0.3, 0.4) is 0 Å². The number of fused-ring (bicyclic) bond motifs is 4. The van der Waals surface area contributed by atoms with Crippen molar-refractivity contribution in [1.82, 2.24) is 5.09 Å². The first-order valence-electron chi connectivity index (χ1n) is 10.6. The van der Waals surface area contributed by atoms with Gasteiger partial charge in [-0.1, -0.05) is 0 Å². The van der Waals surface area contributed by atoms with Crippen molar-refractivity contribution in [3.05, 3.63) is 59.7 Å². The molecular formula is C22H18F12NO2P. The number of hydrogen-bond donors (Lipinski definition) is 1. The second-order valence-electron chi connectivity index (χ2n) is 9.89. The number of alkyl halides is 12. The van der Waals surface area contributed by atoms with Crippen LogP contribution in [0.4, 0.5) is 52.7 Å². The number of rotatable bonds is 1. The van der Waals surface area contributed by atoms with Crippen LogP contribution in [0.5, 0.6) is 0 Å². The van der Waals surface area contributed by atoms with E-state index in [1.807, 2.05) is 0 Å². The summed E-state index contributed by atoms with van der Waals surface area (Å²) in [5.74, 6) is 0. The Hall–Kier alpha value is -2.09. The van der Waals surface area contributed by atoms with Gasteiger partial charge >= 0.3 is 207 Å². The van der Waals surface area contributed by atoms with E-state index in [1.165, 1.54) is 0 Å². The molecule has 0 fully saturated rings. The number of hydrogen-bond acceptors (Lipinski definition) is 3. The molecule has 4 rings (SSSR count). The van der Waals surface area contributed by atoms with Gasteiger partial charge in [0.05, 0.1) is 0 Å². The molecule has 2 aliphatic rings. The molecule has 38 heavy (non-hydrogen) atoms. The molecule has 3 nitrogen and oxygen atoms in total. The van der Waals surface area contributed by atoms with Crippen LogP contribution in [0.2, 0.25) is 0 Å². The molecule has 0 aromatic heterocycles. The molecule has 16 heteroatoms. The average molecular weight is 587 g/mol. The van der Waals surface area contributed by atoms with Crippen molar-refractivity contribution in [2.75, 3.05) is 0 Å². The summed E-state index contributed by atoms with van der Waals surface area (Å²) < 4.78 is 184. The molecular weight excluding hydrogens is 569 g/mol. The monoisotopic (exact) mass is 587 g/mol. The third kappa shape index (κ3) is 3.34. The normalized spacial score (nSPS) is 23.0. The average Bonchev–Trinajstić information content (AvgIpc) is 3.14. The van der Waals surface area contributed by atoms with E-state index >= 15 is 0 Å². The second kappa shape index (κ2) is 7.55. The summed E-state index contributed by atoms with van der Waals surface area (Å²) >= 11 is 0.